The van der Waals surface area contributed by atoms with Crippen LogP contribution in [0.15, 0.2) is 27.4 Å². The monoisotopic (exact) mass is 302 g/mol. The van der Waals surface area contributed by atoms with Crippen molar-refractivity contribution < 1.29 is 14.8 Å². The standard InChI is InChI=1S/C18H23NO3/c1-12-16(20)9-8-15-13(10-17(21)22-18(12)15)11-19-14-6-4-2-3-5-7-14/h8-10,14,19-20H,2-7,11H2,1H3/p+1. The van der Waals surface area contributed by atoms with Crippen LogP contribution in [-0.2, 0) is 6.54 Å². The van der Waals surface area contributed by atoms with E-state index in [4.69, 9.17) is 4.42 Å². The molecule has 1 heterocycles. The van der Waals surface area contributed by atoms with Crippen molar-refractivity contribution in [3.63, 3.8) is 0 Å². The Hall–Kier alpha value is -1.81. The summed E-state index contributed by atoms with van der Waals surface area (Å²) in [5.41, 5.74) is 1.80. The van der Waals surface area contributed by atoms with Crippen LogP contribution in [0.4, 0.5) is 0 Å². The number of quaternary nitrogens is 1. The van der Waals surface area contributed by atoms with Gasteiger partial charge in [0.25, 0.3) is 0 Å². The molecule has 22 heavy (non-hydrogen) atoms. The molecular weight excluding hydrogens is 278 g/mol. The molecule has 1 aliphatic carbocycles. The minimum atomic E-state index is -0.342. The fourth-order valence-corrected chi connectivity index (χ4v) is 3.42. The third-order valence-electron chi connectivity index (χ3n) is 4.79. The smallest absolute Gasteiger partial charge is 0.336 e. The van der Waals surface area contributed by atoms with Crippen LogP contribution in [0.3, 0.4) is 0 Å². The van der Waals surface area contributed by atoms with Crippen LogP contribution in [0, 0.1) is 6.92 Å². The van der Waals surface area contributed by atoms with Crippen molar-refractivity contribution in [2.24, 2.45) is 0 Å². The summed E-state index contributed by atoms with van der Waals surface area (Å²) < 4.78 is 5.30. The zero-order chi connectivity index (χ0) is 15.5. The first-order valence-corrected chi connectivity index (χ1v) is 8.24. The summed E-state index contributed by atoms with van der Waals surface area (Å²) in [5.74, 6) is 0.167. The Morgan fingerprint density at radius 3 is 2.68 bits per heavy atom. The molecule has 1 fully saturated rings. The zero-order valence-corrected chi connectivity index (χ0v) is 13.1. The van der Waals surface area contributed by atoms with Crippen LogP contribution < -0.4 is 10.9 Å². The highest BCUT2D eigenvalue weighted by atomic mass is 16.4. The fraction of sp³-hybridized carbons (Fsp3) is 0.500. The van der Waals surface area contributed by atoms with Crippen molar-refractivity contribution in [3.05, 3.63) is 39.7 Å². The number of aryl methyl sites for hydroxylation is 1. The normalized spacial score (nSPS) is 16.8. The van der Waals surface area contributed by atoms with Gasteiger partial charge < -0.3 is 14.8 Å². The van der Waals surface area contributed by atoms with E-state index in [9.17, 15) is 9.90 Å². The van der Waals surface area contributed by atoms with Crippen LogP contribution in [-0.4, -0.2) is 11.1 Å². The minimum absolute atomic E-state index is 0.167. The van der Waals surface area contributed by atoms with E-state index in [2.05, 4.69) is 5.32 Å². The van der Waals surface area contributed by atoms with Gasteiger partial charge in [0.1, 0.15) is 17.9 Å². The molecule has 4 heteroatoms. The van der Waals surface area contributed by atoms with Gasteiger partial charge in [-0.1, -0.05) is 12.8 Å². The fourth-order valence-electron chi connectivity index (χ4n) is 3.42. The van der Waals surface area contributed by atoms with Gasteiger partial charge in [-0.05, 0) is 44.7 Å². The van der Waals surface area contributed by atoms with E-state index in [1.165, 1.54) is 38.5 Å². The van der Waals surface area contributed by atoms with Gasteiger partial charge in [-0.2, -0.15) is 0 Å². The molecule has 0 bridgehead atoms. The Bertz CT molecular complexity index is 712. The van der Waals surface area contributed by atoms with Crippen LogP contribution in [0.25, 0.3) is 11.0 Å². The van der Waals surface area contributed by atoms with Crippen LogP contribution in [0.1, 0.15) is 49.7 Å². The molecule has 1 aliphatic rings. The van der Waals surface area contributed by atoms with Crippen molar-refractivity contribution in [1.82, 2.24) is 0 Å². The molecule has 0 unspecified atom stereocenters. The Balaban J connectivity index is 1.87. The van der Waals surface area contributed by atoms with Gasteiger partial charge in [0.2, 0.25) is 0 Å². The quantitative estimate of drug-likeness (QED) is 0.676. The lowest BCUT2D eigenvalue weighted by molar-refractivity contribution is -0.705. The second-order valence-corrected chi connectivity index (χ2v) is 6.37. The van der Waals surface area contributed by atoms with Gasteiger partial charge >= 0.3 is 5.63 Å². The first-order valence-electron chi connectivity index (χ1n) is 8.24. The van der Waals surface area contributed by atoms with E-state index >= 15 is 0 Å². The maximum absolute atomic E-state index is 11.8. The molecule has 2 aromatic rings. The molecule has 0 amide bonds. The molecule has 1 saturated carbocycles. The van der Waals surface area contributed by atoms with Crippen molar-refractivity contribution in [2.75, 3.05) is 0 Å². The number of hydrogen-bond donors (Lipinski definition) is 2. The van der Waals surface area contributed by atoms with E-state index in [1.807, 2.05) is 6.07 Å². The van der Waals surface area contributed by atoms with Crippen molar-refractivity contribution in [1.29, 1.82) is 0 Å². The lowest BCUT2D eigenvalue weighted by Gasteiger charge is -2.14. The minimum Gasteiger partial charge on any atom is -0.508 e. The molecule has 0 aliphatic heterocycles. The number of nitrogens with two attached hydrogens (primary N) is 1. The third kappa shape index (κ3) is 3.17. The van der Waals surface area contributed by atoms with E-state index in [-0.39, 0.29) is 11.4 Å². The summed E-state index contributed by atoms with van der Waals surface area (Å²) in [4.78, 5) is 11.8. The summed E-state index contributed by atoms with van der Waals surface area (Å²) in [6.07, 6.45) is 7.84. The Morgan fingerprint density at radius 2 is 1.95 bits per heavy atom. The SMILES string of the molecule is Cc1c(O)ccc2c(C[NH2+]C3CCCCCC3)cc(=O)oc12. The summed E-state index contributed by atoms with van der Waals surface area (Å²) in [6.45, 7) is 2.57. The number of phenols is 1. The van der Waals surface area contributed by atoms with Gasteiger partial charge in [-0.15, -0.1) is 0 Å². The second kappa shape index (κ2) is 6.53. The van der Waals surface area contributed by atoms with Crippen molar-refractivity contribution in [3.8, 4) is 5.75 Å². The molecular formula is C18H24NO3+. The second-order valence-electron chi connectivity index (χ2n) is 6.37. The van der Waals surface area contributed by atoms with Crippen molar-refractivity contribution >= 4 is 11.0 Å². The van der Waals surface area contributed by atoms with Crippen LogP contribution in [0.5, 0.6) is 5.75 Å². The number of fused-ring (bicyclic) bond motifs is 1. The highest BCUT2D eigenvalue weighted by Crippen LogP contribution is 2.27. The zero-order valence-electron chi connectivity index (χ0n) is 13.1. The molecule has 0 radical (unpaired) electrons. The van der Waals surface area contributed by atoms with E-state index in [0.717, 1.165) is 17.5 Å². The first kappa shape index (κ1) is 15.1. The third-order valence-corrected chi connectivity index (χ3v) is 4.79. The number of hydrogen-bond acceptors (Lipinski definition) is 3. The highest BCUT2D eigenvalue weighted by Gasteiger charge is 2.17. The highest BCUT2D eigenvalue weighted by molar-refractivity contribution is 5.84. The van der Waals surface area contributed by atoms with Gasteiger partial charge in [-0.3, -0.25) is 0 Å². The number of aromatic hydroxyl groups is 1. The number of benzene rings is 1. The average Bonchev–Trinajstić information content (AvgIpc) is 2.78. The molecule has 0 atom stereocenters. The molecule has 0 spiro atoms. The Kier molecular flexibility index (Phi) is 4.48. The maximum atomic E-state index is 11.8. The molecule has 0 saturated heterocycles. The lowest BCUT2D eigenvalue weighted by atomic mass is 10.0. The summed E-state index contributed by atoms with van der Waals surface area (Å²) >= 11 is 0. The largest absolute Gasteiger partial charge is 0.508 e. The van der Waals surface area contributed by atoms with Gasteiger partial charge in [0.05, 0.1) is 6.04 Å². The van der Waals surface area contributed by atoms with Crippen LogP contribution >= 0.6 is 0 Å². The van der Waals surface area contributed by atoms with Crippen molar-refractivity contribution in [2.45, 2.75) is 58.0 Å². The topological polar surface area (TPSA) is 67.1 Å². The first-order chi connectivity index (χ1) is 10.6. The molecule has 3 rings (SSSR count). The Labute approximate surface area is 130 Å². The van der Waals surface area contributed by atoms with E-state index in [1.54, 1.807) is 19.1 Å². The predicted octanol–water partition coefficient (Wildman–Crippen LogP) is 2.59. The van der Waals surface area contributed by atoms with Gasteiger partial charge in [0, 0.05) is 22.6 Å². The molecule has 3 N–H and O–H groups in total. The molecule has 4 nitrogen and oxygen atoms in total. The molecule has 1 aromatic heterocycles. The maximum Gasteiger partial charge on any atom is 0.336 e. The van der Waals surface area contributed by atoms with E-state index < -0.39 is 0 Å². The number of rotatable bonds is 3. The summed E-state index contributed by atoms with van der Waals surface area (Å²) in [6, 6.07) is 5.76. The van der Waals surface area contributed by atoms with Crippen LogP contribution in [0.2, 0.25) is 0 Å². The van der Waals surface area contributed by atoms with Gasteiger partial charge in [-0.25, -0.2) is 4.79 Å². The van der Waals surface area contributed by atoms with Gasteiger partial charge in [0.15, 0.2) is 0 Å². The molecule has 118 valence electrons. The summed E-state index contributed by atoms with van der Waals surface area (Å²) in [5, 5.41) is 13.1. The lowest BCUT2D eigenvalue weighted by Crippen LogP contribution is -2.88. The predicted molar refractivity (Wildman–Crippen MR) is 86.0 cm³/mol. The molecule has 1 aromatic carbocycles. The summed E-state index contributed by atoms with van der Waals surface area (Å²) in [7, 11) is 0. The average molecular weight is 302 g/mol. The Morgan fingerprint density at radius 1 is 1.23 bits per heavy atom. The van der Waals surface area contributed by atoms with E-state index in [0.29, 0.717) is 17.2 Å². The number of phenolic OH excluding ortho intramolecular Hbond substituents is 1.